The maximum Gasteiger partial charge on any atom is 0.293 e. The van der Waals surface area contributed by atoms with E-state index in [-0.39, 0.29) is 16.4 Å². The van der Waals surface area contributed by atoms with Gasteiger partial charge in [-0.2, -0.15) is 0 Å². The molecule has 5 rings (SSSR count). The molecule has 1 fully saturated rings. The zero-order valence-electron chi connectivity index (χ0n) is 19.0. The van der Waals surface area contributed by atoms with Gasteiger partial charge in [0.05, 0.1) is 18.1 Å². The van der Waals surface area contributed by atoms with Gasteiger partial charge in [-0.3, -0.25) is 20.2 Å². The molecule has 3 aromatic carbocycles. The number of oxazole rings is 1. The molecule has 2 heterocycles. The molecule has 0 radical (unpaired) electrons. The van der Waals surface area contributed by atoms with Crippen molar-refractivity contribution in [3.05, 3.63) is 82.4 Å². The van der Waals surface area contributed by atoms with Crippen LogP contribution in [-0.2, 0) is 4.74 Å². The summed E-state index contributed by atoms with van der Waals surface area (Å²) in [5.41, 5.74) is 3.37. The zero-order valence-corrected chi connectivity index (χ0v) is 19.8. The maximum atomic E-state index is 12.7. The number of amides is 1. The third kappa shape index (κ3) is 5.02. The molecular formula is C25H21N5O5S. The number of carbonyl (C=O) groups is 1. The fourth-order valence-corrected chi connectivity index (χ4v) is 4.12. The Bertz CT molecular complexity index is 1410. The Hall–Kier alpha value is -4.35. The van der Waals surface area contributed by atoms with Crippen molar-refractivity contribution in [2.24, 2.45) is 0 Å². The summed E-state index contributed by atoms with van der Waals surface area (Å²) in [5, 5.41) is 17.2. The maximum absolute atomic E-state index is 12.7. The molecule has 1 aliphatic heterocycles. The van der Waals surface area contributed by atoms with E-state index in [9.17, 15) is 14.9 Å². The summed E-state index contributed by atoms with van der Waals surface area (Å²) in [6.45, 7) is 2.08. The van der Waals surface area contributed by atoms with Gasteiger partial charge in [0, 0.05) is 36.0 Å². The zero-order chi connectivity index (χ0) is 25.1. The first kappa shape index (κ1) is 23.4. The molecule has 10 nitrogen and oxygen atoms in total. The van der Waals surface area contributed by atoms with Gasteiger partial charge in [-0.15, -0.1) is 0 Å². The smallest absolute Gasteiger partial charge is 0.293 e. The van der Waals surface area contributed by atoms with Crippen molar-refractivity contribution in [2.75, 3.05) is 36.5 Å². The first-order valence-corrected chi connectivity index (χ1v) is 11.6. The minimum atomic E-state index is -0.549. The van der Waals surface area contributed by atoms with Gasteiger partial charge >= 0.3 is 0 Å². The quantitative estimate of drug-likeness (QED) is 0.232. The number of hydrogen-bond donors (Lipinski definition) is 2. The molecule has 0 aliphatic carbocycles. The third-order valence-electron chi connectivity index (χ3n) is 5.70. The highest BCUT2D eigenvalue weighted by Gasteiger charge is 2.23. The first-order chi connectivity index (χ1) is 17.5. The minimum Gasteiger partial charge on any atom is -0.436 e. The van der Waals surface area contributed by atoms with Gasteiger partial charge in [0.2, 0.25) is 5.89 Å². The van der Waals surface area contributed by atoms with Crippen molar-refractivity contribution < 1.29 is 18.9 Å². The highest BCUT2D eigenvalue weighted by Crippen LogP contribution is 2.30. The molecule has 0 spiro atoms. The molecule has 11 heteroatoms. The lowest BCUT2D eigenvalue weighted by Crippen LogP contribution is -2.37. The Morgan fingerprint density at radius 1 is 1.06 bits per heavy atom. The van der Waals surface area contributed by atoms with E-state index in [1.165, 1.54) is 6.07 Å². The van der Waals surface area contributed by atoms with Crippen molar-refractivity contribution >= 4 is 51.4 Å². The monoisotopic (exact) mass is 503 g/mol. The number of morpholine rings is 1. The van der Waals surface area contributed by atoms with E-state index in [1.807, 2.05) is 41.3 Å². The van der Waals surface area contributed by atoms with Crippen LogP contribution in [0.4, 0.5) is 17.1 Å². The molecule has 0 atom stereocenters. The number of fused-ring (bicyclic) bond motifs is 1. The third-order valence-corrected chi connectivity index (χ3v) is 5.90. The van der Waals surface area contributed by atoms with Crippen LogP contribution in [0.5, 0.6) is 0 Å². The van der Waals surface area contributed by atoms with Gasteiger partial charge in [-0.25, -0.2) is 4.98 Å². The summed E-state index contributed by atoms with van der Waals surface area (Å²) in [6.07, 6.45) is 0. The fourth-order valence-electron chi connectivity index (χ4n) is 3.91. The highest BCUT2D eigenvalue weighted by atomic mass is 32.1. The van der Waals surface area contributed by atoms with E-state index in [1.54, 1.807) is 24.3 Å². The standard InChI is InChI=1S/C25H21N5O5S/c31-23(17-7-10-20(21(15-17)30(32)33)29-11-13-34-14-12-29)28-25(36)26-18-8-5-16(6-9-18)24-27-19-3-1-2-4-22(19)35-24/h1-10,15H,11-14H2,(H2,26,28,31,36). The average molecular weight is 504 g/mol. The molecule has 0 unspecified atom stereocenters. The van der Waals surface area contributed by atoms with Crippen molar-refractivity contribution in [2.45, 2.75) is 0 Å². The van der Waals surface area contributed by atoms with Crippen LogP contribution in [0, 0.1) is 10.1 Å². The number of nitrogens with zero attached hydrogens (tertiary/aromatic N) is 3. The lowest BCUT2D eigenvalue weighted by atomic mass is 10.1. The molecule has 2 N–H and O–H groups in total. The van der Waals surface area contributed by atoms with E-state index in [4.69, 9.17) is 21.4 Å². The van der Waals surface area contributed by atoms with Crippen LogP contribution in [0.1, 0.15) is 10.4 Å². The lowest BCUT2D eigenvalue weighted by Gasteiger charge is -2.28. The number of nitrogens with one attached hydrogen (secondary N) is 2. The molecule has 1 saturated heterocycles. The second kappa shape index (κ2) is 10.1. The number of aromatic nitrogens is 1. The summed E-state index contributed by atoms with van der Waals surface area (Å²) in [4.78, 5) is 30.2. The number of benzene rings is 3. The largest absolute Gasteiger partial charge is 0.436 e. The lowest BCUT2D eigenvalue weighted by molar-refractivity contribution is -0.384. The van der Waals surface area contributed by atoms with Crippen LogP contribution in [-0.4, -0.2) is 47.2 Å². The van der Waals surface area contributed by atoms with Gasteiger partial charge in [0.25, 0.3) is 11.6 Å². The van der Waals surface area contributed by atoms with Crippen LogP contribution < -0.4 is 15.5 Å². The predicted octanol–water partition coefficient (Wildman–Crippen LogP) is 4.37. The number of hydrogen-bond acceptors (Lipinski definition) is 8. The number of anilines is 2. The molecule has 1 aliphatic rings. The first-order valence-electron chi connectivity index (χ1n) is 11.2. The van der Waals surface area contributed by atoms with E-state index in [0.29, 0.717) is 49.2 Å². The van der Waals surface area contributed by atoms with Gasteiger partial charge in [-0.05, 0) is 60.7 Å². The Morgan fingerprint density at radius 3 is 2.53 bits per heavy atom. The molecule has 1 aromatic heterocycles. The minimum absolute atomic E-state index is 0.0644. The fraction of sp³-hybridized carbons (Fsp3) is 0.160. The molecule has 4 aromatic rings. The summed E-state index contributed by atoms with van der Waals surface area (Å²) < 4.78 is 11.1. The van der Waals surface area contributed by atoms with Gasteiger partial charge in [-0.1, -0.05) is 12.1 Å². The Kier molecular flexibility index (Phi) is 6.56. The molecule has 0 bridgehead atoms. The highest BCUT2D eigenvalue weighted by molar-refractivity contribution is 7.80. The Labute approximate surface area is 211 Å². The number of thiocarbonyl (C=S) groups is 1. The second-order valence-corrected chi connectivity index (χ2v) is 8.44. The molecule has 36 heavy (non-hydrogen) atoms. The van der Waals surface area contributed by atoms with Crippen molar-refractivity contribution in [3.63, 3.8) is 0 Å². The summed E-state index contributed by atoms with van der Waals surface area (Å²) in [5.74, 6) is -0.0482. The number of nitro benzene ring substituents is 1. The van der Waals surface area contributed by atoms with Crippen LogP contribution in [0.25, 0.3) is 22.6 Å². The van der Waals surface area contributed by atoms with Crippen molar-refractivity contribution in [1.82, 2.24) is 10.3 Å². The molecule has 0 saturated carbocycles. The van der Waals surface area contributed by atoms with E-state index >= 15 is 0 Å². The number of nitro groups is 1. The Balaban J connectivity index is 1.24. The predicted molar refractivity (Wildman–Crippen MR) is 139 cm³/mol. The van der Waals surface area contributed by atoms with Crippen molar-refractivity contribution in [1.29, 1.82) is 0 Å². The van der Waals surface area contributed by atoms with Gasteiger partial charge < -0.3 is 19.4 Å². The van der Waals surface area contributed by atoms with Gasteiger partial charge in [0.1, 0.15) is 11.2 Å². The van der Waals surface area contributed by atoms with E-state index in [0.717, 1.165) is 11.1 Å². The topological polar surface area (TPSA) is 123 Å². The summed E-state index contributed by atoms with van der Waals surface area (Å²) >= 11 is 5.26. The summed E-state index contributed by atoms with van der Waals surface area (Å²) in [6, 6.07) is 19.1. The second-order valence-electron chi connectivity index (χ2n) is 8.03. The number of para-hydroxylation sites is 2. The molecule has 1 amide bonds. The SMILES string of the molecule is O=C(NC(=S)Nc1ccc(-c2nc3ccccc3o2)cc1)c1ccc(N2CCOCC2)c([N+](=O)[O-])c1. The molecule has 182 valence electrons. The average Bonchev–Trinajstić information content (AvgIpc) is 3.33. The normalized spacial score (nSPS) is 13.4. The number of carbonyl (C=O) groups excluding carboxylic acids is 1. The molecular weight excluding hydrogens is 482 g/mol. The van der Waals surface area contributed by atoms with Crippen LogP contribution in [0.2, 0.25) is 0 Å². The Morgan fingerprint density at radius 2 is 1.81 bits per heavy atom. The number of ether oxygens (including phenoxy) is 1. The van der Waals surface area contributed by atoms with Crippen molar-refractivity contribution in [3.8, 4) is 11.5 Å². The van der Waals surface area contributed by atoms with E-state index in [2.05, 4.69) is 15.6 Å². The number of rotatable bonds is 5. The van der Waals surface area contributed by atoms with Crippen LogP contribution >= 0.6 is 12.2 Å². The van der Waals surface area contributed by atoms with E-state index < -0.39 is 10.8 Å². The summed E-state index contributed by atoms with van der Waals surface area (Å²) in [7, 11) is 0. The van der Waals surface area contributed by atoms with Crippen LogP contribution in [0.15, 0.2) is 71.1 Å². The van der Waals surface area contributed by atoms with Crippen LogP contribution in [0.3, 0.4) is 0 Å². The van der Waals surface area contributed by atoms with Gasteiger partial charge in [0.15, 0.2) is 10.7 Å².